The second-order valence-corrected chi connectivity index (χ2v) is 11.8. The smallest absolute Gasteiger partial charge is 0.390 e. The predicted molar refractivity (Wildman–Crippen MR) is 155 cm³/mol. The van der Waals surface area contributed by atoms with E-state index in [2.05, 4.69) is 4.98 Å². The lowest BCUT2D eigenvalue weighted by Crippen LogP contribution is -2.35. The van der Waals surface area contributed by atoms with Crippen molar-refractivity contribution in [3.05, 3.63) is 111 Å². The molecular weight excluding hydrogens is 639 g/mol. The standard InChI is InChI=1S/C30H27F5N4O6S/c1-2-3-12-26-36-27(29(31,32)30(33,34)35)24(18-40)38(26)17-19-13-15-20(16-14-19)21-8-5-7-11-25(21)46(44,45)37-28(41)22-9-4-6-10-23(22)39(42)43/h4-11,13-16,40H,2-3,12,17-18H2,1H3,(H,37,41). The maximum atomic E-state index is 14.4. The second kappa shape index (κ2) is 13.3. The van der Waals surface area contributed by atoms with E-state index in [0.29, 0.717) is 24.0 Å². The zero-order valence-electron chi connectivity index (χ0n) is 24.1. The molecule has 0 atom stereocenters. The van der Waals surface area contributed by atoms with Crippen LogP contribution in [0.1, 0.15) is 52.9 Å². The van der Waals surface area contributed by atoms with Crippen LogP contribution in [0.5, 0.6) is 0 Å². The maximum absolute atomic E-state index is 14.4. The Hall–Kier alpha value is -4.70. The van der Waals surface area contributed by atoms with E-state index in [1.54, 1.807) is 6.92 Å². The Bertz CT molecular complexity index is 1860. The number of aromatic nitrogens is 2. The molecule has 1 amide bonds. The van der Waals surface area contributed by atoms with Crippen LogP contribution in [0.4, 0.5) is 27.6 Å². The van der Waals surface area contributed by atoms with Crippen molar-refractivity contribution in [2.45, 2.75) is 56.3 Å². The topological polar surface area (TPSA) is 144 Å². The number of hydrogen-bond acceptors (Lipinski definition) is 7. The third-order valence-electron chi connectivity index (χ3n) is 7.06. The normalized spacial score (nSPS) is 12.2. The van der Waals surface area contributed by atoms with Crippen molar-refractivity contribution in [3.63, 3.8) is 0 Å². The van der Waals surface area contributed by atoms with Crippen LogP contribution in [0.2, 0.25) is 0 Å². The van der Waals surface area contributed by atoms with Crippen LogP contribution in [0.25, 0.3) is 11.1 Å². The summed E-state index contributed by atoms with van der Waals surface area (Å²) in [5.41, 5.74) is -2.39. The first-order valence-corrected chi connectivity index (χ1v) is 15.2. The number of nitro benzene ring substituents is 1. The van der Waals surface area contributed by atoms with E-state index in [9.17, 15) is 50.4 Å². The fraction of sp³-hybridized carbons (Fsp3) is 0.267. The number of para-hydroxylation sites is 1. The van der Waals surface area contributed by atoms with E-state index < -0.39 is 62.2 Å². The molecule has 4 rings (SSSR count). The largest absolute Gasteiger partial charge is 0.459 e. The Morgan fingerprint density at radius 3 is 2.24 bits per heavy atom. The number of rotatable bonds is 12. The number of hydrogen-bond donors (Lipinski definition) is 2. The molecule has 46 heavy (non-hydrogen) atoms. The van der Waals surface area contributed by atoms with E-state index in [0.717, 1.165) is 16.7 Å². The van der Waals surface area contributed by atoms with Gasteiger partial charge in [0.1, 0.15) is 17.1 Å². The quantitative estimate of drug-likeness (QED) is 0.105. The summed E-state index contributed by atoms with van der Waals surface area (Å²) in [7, 11) is -4.56. The molecule has 0 spiro atoms. The first-order chi connectivity index (χ1) is 21.6. The molecule has 4 aromatic rings. The van der Waals surface area contributed by atoms with Crippen LogP contribution in [-0.2, 0) is 35.5 Å². The van der Waals surface area contributed by atoms with Gasteiger partial charge >= 0.3 is 12.1 Å². The van der Waals surface area contributed by atoms with E-state index in [1.807, 2.05) is 4.72 Å². The van der Waals surface area contributed by atoms with Crippen LogP contribution in [0, 0.1) is 10.1 Å². The SMILES string of the molecule is CCCCc1nc(C(F)(F)C(F)(F)F)c(CO)n1Cc1ccc(-c2ccccc2S(=O)(=O)NC(=O)c2ccccc2[N+](=O)[O-])cc1. The molecular formula is C30H27F5N4O6S. The number of sulfonamides is 1. The van der Waals surface area contributed by atoms with E-state index in [-0.39, 0.29) is 29.2 Å². The molecule has 244 valence electrons. The van der Waals surface area contributed by atoms with Crippen LogP contribution in [-0.4, -0.2) is 40.1 Å². The van der Waals surface area contributed by atoms with Gasteiger partial charge < -0.3 is 9.67 Å². The van der Waals surface area contributed by atoms with E-state index >= 15 is 0 Å². The highest BCUT2D eigenvalue weighted by atomic mass is 32.2. The molecule has 0 aliphatic carbocycles. The molecule has 0 bridgehead atoms. The van der Waals surface area contributed by atoms with Gasteiger partial charge in [0.15, 0.2) is 0 Å². The number of nitro groups is 1. The van der Waals surface area contributed by atoms with Crippen LogP contribution >= 0.6 is 0 Å². The molecule has 0 aliphatic rings. The van der Waals surface area contributed by atoms with Crippen molar-refractivity contribution in [1.29, 1.82) is 0 Å². The Morgan fingerprint density at radius 1 is 1.00 bits per heavy atom. The van der Waals surface area contributed by atoms with Gasteiger partial charge in [-0.05, 0) is 29.7 Å². The van der Waals surface area contributed by atoms with Gasteiger partial charge in [0.05, 0.1) is 22.1 Å². The molecule has 0 fully saturated rings. The average molecular weight is 667 g/mol. The number of nitrogens with one attached hydrogen (secondary N) is 1. The van der Waals surface area contributed by atoms with Crippen LogP contribution < -0.4 is 4.72 Å². The third kappa shape index (κ3) is 6.92. The monoisotopic (exact) mass is 666 g/mol. The molecule has 3 aromatic carbocycles. The number of halogens is 5. The Morgan fingerprint density at radius 2 is 1.63 bits per heavy atom. The zero-order valence-corrected chi connectivity index (χ0v) is 24.9. The number of alkyl halides is 5. The highest BCUT2D eigenvalue weighted by Gasteiger charge is 2.61. The summed E-state index contributed by atoms with van der Waals surface area (Å²) in [5, 5.41) is 21.2. The molecule has 1 aromatic heterocycles. The fourth-order valence-corrected chi connectivity index (χ4v) is 5.96. The van der Waals surface area contributed by atoms with Gasteiger partial charge in [0.2, 0.25) is 0 Å². The van der Waals surface area contributed by atoms with Gasteiger partial charge in [-0.15, -0.1) is 0 Å². The van der Waals surface area contributed by atoms with Crippen molar-refractivity contribution in [2.75, 3.05) is 0 Å². The highest BCUT2D eigenvalue weighted by Crippen LogP contribution is 2.45. The first-order valence-electron chi connectivity index (χ1n) is 13.8. The number of carbonyl (C=O) groups excluding carboxylic acids is 1. The minimum Gasteiger partial charge on any atom is -0.390 e. The van der Waals surface area contributed by atoms with Gasteiger partial charge in [-0.3, -0.25) is 14.9 Å². The van der Waals surface area contributed by atoms with Crippen molar-refractivity contribution in [1.82, 2.24) is 14.3 Å². The molecule has 10 nitrogen and oxygen atoms in total. The summed E-state index contributed by atoms with van der Waals surface area (Å²) in [6.45, 7) is 0.461. The summed E-state index contributed by atoms with van der Waals surface area (Å²) < 4.78 is 97.8. The number of benzene rings is 3. The van der Waals surface area contributed by atoms with Crippen LogP contribution in [0.3, 0.4) is 0 Å². The molecule has 0 radical (unpaired) electrons. The lowest BCUT2D eigenvalue weighted by Gasteiger charge is -2.19. The minimum atomic E-state index is -5.93. The number of aryl methyl sites for hydroxylation is 1. The molecule has 1 heterocycles. The molecule has 16 heteroatoms. The summed E-state index contributed by atoms with van der Waals surface area (Å²) in [6.07, 6.45) is -4.80. The number of imidazole rings is 1. The number of unbranched alkanes of at least 4 members (excludes halogenated alkanes) is 1. The molecule has 0 saturated heterocycles. The minimum absolute atomic E-state index is 0.0558. The summed E-state index contributed by atoms with van der Waals surface area (Å²) in [6, 6.07) is 16.4. The predicted octanol–water partition coefficient (Wildman–Crippen LogP) is 6.11. The molecule has 0 saturated carbocycles. The van der Waals surface area contributed by atoms with Gasteiger partial charge in [-0.1, -0.05) is 67.9 Å². The summed E-state index contributed by atoms with van der Waals surface area (Å²) in [4.78, 5) is 26.5. The second-order valence-electron chi connectivity index (χ2n) is 10.1. The Labute approximate surface area is 259 Å². The van der Waals surface area contributed by atoms with Gasteiger partial charge in [-0.2, -0.15) is 22.0 Å². The molecule has 2 N–H and O–H groups in total. The Balaban J connectivity index is 1.67. The molecule has 0 unspecified atom stereocenters. The number of carbonyl (C=O) groups is 1. The number of aliphatic hydroxyl groups is 1. The van der Waals surface area contributed by atoms with Crippen molar-refractivity contribution < 1.29 is 45.2 Å². The fourth-order valence-electron chi connectivity index (χ4n) is 4.76. The number of aliphatic hydroxyl groups excluding tert-OH is 1. The maximum Gasteiger partial charge on any atom is 0.459 e. The zero-order chi connectivity index (χ0) is 33.9. The molecule has 0 aliphatic heterocycles. The van der Waals surface area contributed by atoms with Crippen molar-refractivity contribution >= 4 is 21.6 Å². The van der Waals surface area contributed by atoms with Crippen molar-refractivity contribution in [3.8, 4) is 11.1 Å². The van der Waals surface area contributed by atoms with Gasteiger partial charge in [0, 0.05) is 24.6 Å². The van der Waals surface area contributed by atoms with Crippen molar-refractivity contribution in [2.24, 2.45) is 0 Å². The van der Waals surface area contributed by atoms with E-state index in [4.69, 9.17) is 0 Å². The Kier molecular flexibility index (Phi) is 9.91. The summed E-state index contributed by atoms with van der Waals surface area (Å²) in [5.74, 6) is -6.57. The highest BCUT2D eigenvalue weighted by molar-refractivity contribution is 7.90. The van der Waals surface area contributed by atoms with E-state index in [1.165, 1.54) is 60.7 Å². The van der Waals surface area contributed by atoms with Gasteiger partial charge in [0.25, 0.3) is 21.6 Å². The van der Waals surface area contributed by atoms with Gasteiger partial charge in [-0.25, -0.2) is 18.1 Å². The van der Waals surface area contributed by atoms with Crippen LogP contribution in [0.15, 0.2) is 77.7 Å². The average Bonchev–Trinajstić information content (AvgIpc) is 3.37. The number of nitrogens with zero attached hydrogens (tertiary/aromatic N) is 3. The lowest BCUT2D eigenvalue weighted by atomic mass is 10.0. The summed E-state index contributed by atoms with van der Waals surface area (Å²) >= 11 is 0. The lowest BCUT2D eigenvalue weighted by molar-refractivity contribution is -0.385. The third-order valence-corrected chi connectivity index (χ3v) is 8.45. The first kappa shape index (κ1) is 34.2. The number of amides is 1.